The Hall–Kier alpha value is -2.16. The fourth-order valence-electron chi connectivity index (χ4n) is 3.03. The Morgan fingerprint density at radius 3 is 2.26 bits per heavy atom. The van der Waals surface area contributed by atoms with Crippen molar-refractivity contribution in [1.29, 1.82) is 0 Å². The number of benzene rings is 1. The molecule has 0 atom stereocenters. The Bertz CT molecular complexity index is 1090. The molecule has 0 radical (unpaired) electrons. The van der Waals surface area contributed by atoms with Gasteiger partial charge in [-0.05, 0) is 52.0 Å². The van der Waals surface area contributed by atoms with Crippen molar-refractivity contribution in [3.8, 4) is 0 Å². The summed E-state index contributed by atoms with van der Waals surface area (Å²) in [4.78, 5) is 4.62. The number of aromatic nitrogens is 2. The van der Waals surface area contributed by atoms with Crippen molar-refractivity contribution in [3.05, 3.63) is 54.9 Å². The van der Waals surface area contributed by atoms with Crippen molar-refractivity contribution in [3.63, 3.8) is 0 Å². The number of pyridine rings is 1. The van der Waals surface area contributed by atoms with Gasteiger partial charge in [0.2, 0.25) is 0 Å². The predicted molar refractivity (Wildman–Crippen MR) is 104 cm³/mol. The molecule has 4 rings (SSSR count). The highest BCUT2D eigenvalue weighted by Crippen LogP contribution is 2.36. The molecule has 0 N–H and O–H groups in total. The molecule has 1 aromatic carbocycles. The topological polar surface area (TPSA) is 70.4 Å². The van der Waals surface area contributed by atoms with Crippen molar-refractivity contribution in [2.24, 2.45) is 0 Å². The van der Waals surface area contributed by atoms with Gasteiger partial charge in [-0.25, -0.2) is 17.4 Å². The lowest BCUT2D eigenvalue weighted by atomic mass is 9.80. The van der Waals surface area contributed by atoms with E-state index in [2.05, 4.69) is 4.98 Å². The molecular weight excluding hydrogens is 363 g/mol. The number of hydrogen-bond acceptors (Lipinski definition) is 5. The van der Waals surface area contributed by atoms with Crippen LogP contribution in [-0.2, 0) is 19.3 Å². The minimum atomic E-state index is -3.70. The Balaban J connectivity index is 1.73. The molecule has 140 valence electrons. The highest BCUT2D eigenvalue weighted by molar-refractivity contribution is 7.90. The van der Waals surface area contributed by atoms with Crippen molar-refractivity contribution in [1.82, 2.24) is 8.96 Å². The summed E-state index contributed by atoms with van der Waals surface area (Å²) in [6, 6.07) is 11.9. The number of fused-ring (bicyclic) bond motifs is 1. The summed E-state index contributed by atoms with van der Waals surface area (Å²) in [6.45, 7) is 7.95. The van der Waals surface area contributed by atoms with Crippen LogP contribution in [0.4, 0.5) is 0 Å². The highest BCUT2D eigenvalue weighted by atomic mass is 32.2. The summed E-state index contributed by atoms with van der Waals surface area (Å²) in [7, 11) is -4.24. The Kier molecular flexibility index (Phi) is 4.00. The van der Waals surface area contributed by atoms with E-state index in [1.54, 1.807) is 42.6 Å². The molecule has 0 amide bonds. The summed E-state index contributed by atoms with van der Waals surface area (Å²) < 4.78 is 39.1. The lowest BCUT2D eigenvalue weighted by Crippen LogP contribution is -2.41. The van der Waals surface area contributed by atoms with Crippen molar-refractivity contribution < 1.29 is 17.7 Å². The molecule has 3 aromatic rings. The molecule has 1 fully saturated rings. The maximum Gasteiger partial charge on any atom is 0.496 e. The zero-order valence-electron chi connectivity index (χ0n) is 15.7. The molecule has 0 bridgehead atoms. The van der Waals surface area contributed by atoms with Gasteiger partial charge in [0.15, 0.2) is 5.65 Å². The third-order valence-corrected chi connectivity index (χ3v) is 7.02. The first-order valence-corrected chi connectivity index (χ1v) is 10.2. The molecule has 2 aromatic heterocycles. The van der Waals surface area contributed by atoms with Gasteiger partial charge in [0.25, 0.3) is 10.0 Å². The van der Waals surface area contributed by atoms with Crippen LogP contribution >= 0.6 is 0 Å². The van der Waals surface area contributed by atoms with Gasteiger partial charge in [-0.3, -0.25) is 0 Å². The number of nitrogens with zero attached hydrogens (tertiary/aromatic N) is 2. The van der Waals surface area contributed by atoms with Gasteiger partial charge >= 0.3 is 7.12 Å². The number of hydrogen-bond donors (Lipinski definition) is 0. The average molecular weight is 384 g/mol. The van der Waals surface area contributed by atoms with E-state index in [0.717, 1.165) is 5.46 Å². The fourth-order valence-corrected chi connectivity index (χ4v) is 4.35. The molecule has 0 spiro atoms. The van der Waals surface area contributed by atoms with Crippen LogP contribution in [0.25, 0.3) is 11.0 Å². The predicted octanol–water partition coefficient (Wildman–Crippen LogP) is 2.57. The van der Waals surface area contributed by atoms with E-state index in [-0.39, 0.29) is 4.90 Å². The second kappa shape index (κ2) is 5.92. The Morgan fingerprint density at radius 2 is 1.63 bits per heavy atom. The Morgan fingerprint density at radius 1 is 1.00 bits per heavy atom. The number of rotatable bonds is 3. The van der Waals surface area contributed by atoms with Crippen LogP contribution in [0, 0.1) is 0 Å². The minimum absolute atomic E-state index is 0.222. The first kappa shape index (κ1) is 18.2. The van der Waals surface area contributed by atoms with Crippen LogP contribution in [0.5, 0.6) is 0 Å². The molecule has 0 aliphatic carbocycles. The third kappa shape index (κ3) is 2.88. The van der Waals surface area contributed by atoms with Crippen LogP contribution in [0.15, 0.2) is 59.8 Å². The lowest BCUT2D eigenvalue weighted by Gasteiger charge is -2.32. The maximum atomic E-state index is 12.9. The molecule has 0 saturated carbocycles. The standard InChI is InChI=1S/C19H21BN2O4S/c1-18(2)19(3,4)26-20(25-18)15-12-14-10-11-22(17(14)21-13-15)27(23,24)16-8-6-5-7-9-16/h5-13H,1-4H3. The molecule has 0 unspecified atom stereocenters. The van der Waals surface area contributed by atoms with E-state index in [9.17, 15) is 8.42 Å². The van der Waals surface area contributed by atoms with Gasteiger partial charge in [0, 0.05) is 23.2 Å². The Labute approximate surface area is 159 Å². The zero-order chi connectivity index (χ0) is 19.4. The largest absolute Gasteiger partial charge is 0.496 e. The van der Waals surface area contributed by atoms with Gasteiger partial charge in [0.05, 0.1) is 16.1 Å². The summed E-state index contributed by atoms with van der Waals surface area (Å²) in [5, 5.41) is 0.710. The SMILES string of the molecule is CC1(C)OB(c2cnc3c(ccn3S(=O)(=O)c3ccccc3)c2)OC1(C)C. The second-order valence-corrected chi connectivity index (χ2v) is 9.51. The zero-order valence-corrected chi connectivity index (χ0v) is 16.5. The molecule has 1 saturated heterocycles. The van der Waals surface area contributed by atoms with Crippen LogP contribution in [0.2, 0.25) is 0 Å². The monoisotopic (exact) mass is 384 g/mol. The van der Waals surface area contributed by atoms with Crippen LogP contribution in [0.3, 0.4) is 0 Å². The summed E-state index contributed by atoms with van der Waals surface area (Å²) in [5.41, 5.74) is 0.236. The van der Waals surface area contributed by atoms with Crippen LogP contribution in [-0.4, -0.2) is 35.7 Å². The molecule has 8 heteroatoms. The van der Waals surface area contributed by atoms with E-state index in [4.69, 9.17) is 9.31 Å². The minimum Gasteiger partial charge on any atom is -0.399 e. The molecular formula is C19H21BN2O4S. The van der Waals surface area contributed by atoms with Crippen LogP contribution in [0.1, 0.15) is 27.7 Å². The van der Waals surface area contributed by atoms with Gasteiger partial charge < -0.3 is 9.31 Å². The second-order valence-electron chi connectivity index (χ2n) is 7.70. The quantitative estimate of drug-likeness (QED) is 0.650. The first-order chi connectivity index (χ1) is 12.6. The smallest absolute Gasteiger partial charge is 0.399 e. The van der Waals surface area contributed by atoms with E-state index < -0.39 is 28.3 Å². The van der Waals surface area contributed by atoms with Gasteiger partial charge in [-0.15, -0.1) is 0 Å². The third-order valence-electron chi connectivity index (χ3n) is 5.34. The highest BCUT2D eigenvalue weighted by Gasteiger charge is 2.51. The normalized spacial score (nSPS) is 18.9. The molecule has 1 aliphatic rings. The van der Waals surface area contributed by atoms with Crippen LogP contribution < -0.4 is 5.46 Å². The van der Waals surface area contributed by atoms with Gasteiger partial charge in [-0.2, -0.15) is 0 Å². The average Bonchev–Trinajstić information content (AvgIpc) is 3.13. The van der Waals surface area contributed by atoms with E-state index in [1.807, 2.05) is 33.8 Å². The molecule has 1 aliphatic heterocycles. The first-order valence-electron chi connectivity index (χ1n) is 8.75. The van der Waals surface area contributed by atoms with E-state index in [1.165, 1.54) is 10.2 Å². The summed E-state index contributed by atoms with van der Waals surface area (Å²) in [6.07, 6.45) is 3.13. The van der Waals surface area contributed by atoms with Gasteiger partial charge in [0.1, 0.15) is 0 Å². The summed E-state index contributed by atoms with van der Waals surface area (Å²) in [5.74, 6) is 0. The van der Waals surface area contributed by atoms with Crippen molar-refractivity contribution in [2.45, 2.75) is 43.8 Å². The molecule has 3 heterocycles. The lowest BCUT2D eigenvalue weighted by molar-refractivity contribution is 0.00578. The molecule has 27 heavy (non-hydrogen) atoms. The fraction of sp³-hybridized carbons (Fsp3) is 0.316. The van der Waals surface area contributed by atoms with Crippen molar-refractivity contribution >= 4 is 33.6 Å². The molecule has 6 nitrogen and oxygen atoms in total. The summed E-state index contributed by atoms with van der Waals surface area (Å²) >= 11 is 0. The van der Waals surface area contributed by atoms with Crippen molar-refractivity contribution in [2.75, 3.05) is 0 Å². The van der Waals surface area contributed by atoms with E-state index in [0.29, 0.717) is 11.0 Å². The maximum absolute atomic E-state index is 12.9. The van der Waals surface area contributed by atoms with E-state index >= 15 is 0 Å². The van der Waals surface area contributed by atoms with Gasteiger partial charge in [-0.1, -0.05) is 18.2 Å².